The molecule has 0 spiro atoms. The first-order chi connectivity index (χ1) is 17.4. The van der Waals surface area contributed by atoms with Crippen molar-refractivity contribution in [2.75, 3.05) is 48.8 Å². The van der Waals surface area contributed by atoms with E-state index in [-0.39, 0.29) is 11.8 Å². The van der Waals surface area contributed by atoms with E-state index in [1.807, 2.05) is 18.2 Å². The van der Waals surface area contributed by atoms with Crippen LogP contribution in [0.1, 0.15) is 34.6 Å². The SMILES string of the molecule is CCN(CC)CCNC(=O)c1ccc(NC(=O)Nc2ccc(N(C)C(=O)c3ccccc3)cc2)cc1. The molecule has 0 saturated heterocycles. The van der Waals surface area contributed by atoms with E-state index < -0.39 is 6.03 Å². The molecule has 188 valence electrons. The Hall–Kier alpha value is -4.17. The molecule has 0 saturated carbocycles. The van der Waals surface area contributed by atoms with Gasteiger partial charge < -0.3 is 25.8 Å². The summed E-state index contributed by atoms with van der Waals surface area (Å²) >= 11 is 0. The third-order valence-corrected chi connectivity index (χ3v) is 5.85. The molecule has 0 aliphatic carbocycles. The lowest BCUT2D eigenvalue weighted by Crippen LogP contribution is -2.34. The van der Waals surface area contributed by atoms with Gasteiger partial charge in [0.1, 0.15) is 0 Å². The zero-order chi connectivity index (χ0) is 25.9. The van der Waals surface area contributed by atoms with Crippen molar-refractivity contribution in [3.8, 4) is 0 Å². The topological polar surface area (TPSA) is 93.8 Å². The number of urea groups is 1. The number of benzene rings is 3. The summed E-state index contributed by atoms with van der Waals surface area (Å²) in [4.78, 5) is 41.1. The molecule has 36 heavy (non-hydrogen) atoms. The first kappa shape index (κ1) is 26.4. The number of rotatable bonds is 10. The Kier molecular flexibility index (Phi) is 9.59. The molecule has 0 radical (unpaired) electrons. The van der Waals surface area contributed by atoms with Crippen LogP contribution < -0.4 is 20.9 Å². The zero-order valence-corrected chi connectivity index (χ0v) is 21.0. The van der Waals surface area contributed by atoms with Gasteiger partial charge in [-0.3, -0.25) is 9.59 Å². The van der Waals surface area contributed by atoms with Crippen LogP contribution in [0.3, 0.4) is 0 Å². The average molecular weight is 488 g/mol. The van der Waals surface area contributed by atoms with E-state index in [9.17, 15) is 14.4 Å². The van der Waals surface area contributed by atoms with Gasteiger partial charge in [-0.15, -0.1) is 0 Å². The minimum absolute atomic E-state index is 0.116. The maximum absolute atomic E-state index is 12.6. The molecule has 8 heteroatoms. The standard InChI is InChI=1S/C28H33N5O3/c1-4-33(5-2)20-19-29-26(34)21-11-13-23(14-12-21)30-28(36)31-24-15-17-25(18-16-24)32(3)27(35)22-9-7-6-8-10-22/h6-18H,4-5,19-20H2,1-3H3,(H,29,34)(H2,30,31,36). The van der Waals surface area contributed by atoms with Crippen LogP contribution in [0.25, 0.3) is 0 Å². The number of hydrogen-bond donors (Lipinski definition) is 3. The molecule has 0 fully saturated rings. The third kappa shape index (κ3) is 7.41. The van der Waals surface area contributed by atoms with Crippen LogP contribution in [0.15, 0.2) is 78.9 Å². The molecule has 3 rings (SSSR count). The Labute approximate surface area is 212 Å². The molecule has 0 aliphatic rings. The Bertz CT molecular complexity index is 1140. The fourth-order valence-corrected chi connectivity index (χ4v) is 3.63. The molecule has 4 amide bonds. The molecule has 3 aromatic rings. The smallest absolute Gasteiger partial charge is 0.323 e. The third-order valence-electron chi connectivity index (χ3n) is 5.85. The minimum Gasteiger partial charge on any atom is -0.351 e. The quantitative estimate of drug-likeness (QED) is 0.387. The molecule has 0 unspecified atom stereocenters. The molecule has 0 atom stereocenters. The van der Waals surface area contributed by atoms with E-state index in [0.717, 1.165) is 19.6 Å². The largest absolute Gasteiger partial charge is 0.351 e. The van der Waals surface area contributed by atoms with E-state index in [2.05, 4.69) is 34.7 Å². The maximum atomic E-state index is 12.6. The van der Waals surface area contributed by atoms with Crippen molar-refractivity contribution in [1.29, 1.82) is 0 Å². The highest BCUT2D eigenvalue weighted by molar-refractivity contribution is 6.06. The molecule has 3 N–H and O–H groups in total. The fourth-order valence-electron chi connectivity index (χ4n) is 3.63. The van der Waals surface area contributed by atoms with E-state index >= 15 is 0 Å². The Morgan fingerprint density at radius 3 is 1.83 bits per heavy atom. The number of carbonyl (C=O) groups excluding carboxylic acids is 3. The fraction of sp³-hybridized carbons (Fsp3) is 0.250. The molecule has 0 heterocycles. The van der Waals surface area contributed by atoms with Crippen molar-refractivity contribution in [2.24, 2.45) is 0 Å². The van der Waals surface area contributed by atoms with Crippen LogP contribution >= 0.6 is 0 Å². The Morgan fingerprint density at radius 2 is 1.28 bits per heavy atom. The van der Waals surface area contributed by atoms with Gasteiger partial charge in [-0.25, -0.2) is 4.79 Å². The molecule has 8 nitrogen and oxygen atoms in total. The summed E-state index contributed by atoms with van der Waals surface area (Å²) in [6.07, 6.45) is 0. The van der Waals surface area contributed by atoms with E-state index in [1.54, 1.807) is 72.6 Å². The molecule has 0 aromatic heterocycles. The summed E-state index contributed by atoms with van der Waals surface area (Å²) in [6.45, 7) is 7.47. The normalized spacial score (nSPS) is 10.6. The molecular weight excluding hydrogens is 454 g/mol. The molecule has 0 bridgehead atoms. The average Bonchev–Trinajstić information content (AvgIpc) is 2.91. The van der Waals surface area contributed by atoms with E-state index in [1.165, 1.54) is 0 Å². The second-order valence-electron chi connectivity index (χ2n) is 8.22. The van der Waals surface area contributed by atoms with Crippen molar-refractivity contribution in [1.82, 2.24) is 10.2 Å². The van der Waals surface area contributed by atoms with Crippen LogP contribution in [-0.2, 0) is 0 Å². The summed E-state index contributed by atoms with van der Waals surface area (Å²) < 4.78 is 0. The van der Waals surface area contributed by atoms with Crippen LogP contribution in [0.5, 0.6) is 0 Å². The van der Waals surface area contributed by atoms with E-state index in [4.69, 9.17) is 0 Å². The number of amides is 4. The predicted octanol–water partition coefficient (Wildman–Crippen LogP) is 4.68. The van der Waals surface area contributed by atoms with Gasteiger partial charge in [0.05, 0.1) is 0 Å². The van der Waals surface area contributed by atoms with Gasteiger partial charge in [0.15, 0.2) is 0 Å². The predicted molar refractivity (Wildman–Crippen MR) is 145 cm³/mol. The highest BCUT2D eigenvalue weighted by Gasteiger charge is 2.13. The van der Waals surface area contributed by atoms with Crippen LogP contribution in [0, 0.1) is 0 Å². The van der Waals surface area contributed by atoms with E-state index in [0.29, 0.717) is 34.7 Å². The second-order valence-corrected chi connectivity index (χ2v) is 8.22. The van der Waals surface area contributed by atoms with Crippen LogP contribution in [-0.4, -0.2) is 56.0 Å². The lowest BCUT2D eigenvalue weighted by molar-refractivity contribution is 0.0947. The van der Waals surface area contributed by atoms with Gasteiger partial charge in [0, 0.05) is 48.3 Å². The number of anilines is 3. The maximum Gasteiger partial charge on any atom is 0.323 e. The van der Waals surface area contributed by atoms with Gasteiger partial charge in [0.2, 0.25) is 0 Å². The first-order valence-electron chi connectivity index (χ1n) is 12.0. The van der Waals surface area contributed by atoms with Crippen molar-refractivity contribution in [3.63, 3.8) is 0 Å². The highest BCUT2D eigenvalue weighted by atomic mass is 16.2. The second kappa shape index (κ2) is 13.1. The van der Waals surface area contributed by atoms with Gasteiger partial charge in [-0.1, -0.05) is 32.0 Å². The highest BCUT2D eigenvalue weighted by Crippen LogP contribution is 2.19. The van der Waals surface area contributed by atoms with Crippen molar-refractivity contribution >= 4 is 34.9 Å². The summed E-state index contributed by atoms with van der Waals surface area (Å²) in [5, 5.41) is 8.44. The monoisotopic (exact) mass is 487 g/mol. The lowest BCUT2D eigenvalue weighted by atomic mass is 10.2. The lowest BCUT2D eigenvalue weighted by Gasteiger charge is -2.18. The summed E-state index contributed by atoms with van der Waals surface area (Å²) in [5.74, 6) is -0.260. The minimum atomic E-state index is -0.409. The van der Waals surface area contributed by atoms with Crippen molar-refractivity contribution in [3.05, 3.63) is 90.0 Å². The first-order valence-corrected chi connectivity index (χ1v) is 12.0. The molecule has 0 aliphatic heterocycles. The molecular formula is C28H33N5O3. The Morgan fingerprint density at radius 1 is 0.722 bits per heavy atom. The molecule has 3 aromatic carbocycles. The number of carbonyl (C=O) groups is 3. The van der Waals surface area contributed by atoms with Crippen molar-refractivity contribution < 1.29 is 14.4 Å². The van der Waals surface area contributed by atoms with Crippen LogP contribution in [0.2, 0.25) is 0 Å². The summed E-state index contributed by atoms with van der Waals surface area (Å²) in [5.41, 5.74) is 2.99. The van der Waals surface area contributed by atoms with Crippen LogP contribution in [0.4, 0.5) is 21.9 Å². The van der Waals surface area contributed by atoms with Gasteiger partial charge in [0.25, 0.3) is 11.8 Å². The zero-order valence-electron chi connectivity index (χ0n) is 21.0. The van der Waals surface area contributed by atoms with Gasteiger partial charge in [-0.05, 0) is 73.8 Å². The number of likely N-dealkylation sites (N-methyl/N-ethyl adjacent to an activating group) is 1. The summed E-state index contributed by atoms with van der Waals surface area (Å²) in [6, 6.07) is 22.4. The Balaban J connectivity index is 1.49. The van der Waals surface area contributed by atoms with Gasteiger partial charge >= 0.3 is 6.03 Å². The number of nitrogens with one attached hydrogen (secondary N) is 3. The number of hydrogen-bond acceptors (Lipinski definition) is 4. The summed E-state index contributed by atoms with van der Waals surface area (Å²) in [7, 11) is 1.71. The van der Waals surface area contributed by atoms with Crippen molar-refractivity contribution in [2.45, 2.75) is 13.8 Å². The van der Waals surface area contributed by atoms with Gasteiger partial charge in [-0.2, -0.15) is 0 Å². The number of nitrogens with zero attached hydrogens (tertiary/aromatic N) is 2.